The summed E-state index contributed by atoms with van der Waals surface area (Å²) < 4.78 is 15.1. The molecule has 1 aromatic carbocycles. The molecule has 0 fully saturated rings. The molecule has 2 N–H and O–H groups in total. The summed E-state index contributed by atoms with van der Waals surface area (Å²) in [6.45, 7) is 0. The second kappa shape index (κ2) is 6.41. The first-order valence-electron chi connectivity index (χ1n) is 7.97. The predicted octanol–water partition coefficient (Wildman–Crippen LogP) is 3.20. The summed E-state index contributed by atoms with van der Waals surface area (Å²) in [5.41, 5.74) is 9.44. The highest BCUT2D eigenvalue weighted by Crippen LogP contribution is 2.24. The first-order chi connectivity index (χ1) is 12.2. The molecular weight excluding hydrogens is 317 g/mol. The number of hydrogen-bond donors (Lipinski definition) is 1. The lowest BCUT2D eigenvalue weighted by Crippen LogP contribution is -2.18. The Kier molecular flexibility index (Phi) is 3.95. The van der Waals surface area contributed by atoms with Crippen LogP contribution in [0.15, 0.2) is 67.0 Å². The van der Waals surface area contributed by atoms with Crippen molar-refractivity contribution in [3.8, 4) is 5.69 Å². The average molecular weight is 333 g/mol. The van der Waals surface area contributed by atoms with Crippen LogP contribution in [-0.2, 0) is 6.42 Å². The second-order valence-electron chi connectivity index (χ2n) is 5.79. The zero-order valence-corrected chi connectivity index (χ0v) is 13.4. The van der Waals surface area contributed by atoms with Crippen LogP contribution >= 0.6 is 0 Å². The Hall–Kier alpha value is -3.12. The van der Waals surface area contributed by atoms with Gasteiger partial charge in [-0.15, -0.1) is 0 Å². The molecule has 3 heterocycles. The lowest BCUT2D eigenvalue weighted by Gasteiger charge is -2.15. The van der Waals surface area contributed by atoms with Crippen molar-refractivity contribution in [2.45, 2.75) is 12.5 Å². The Balaban J connectivity index is 1.74. The van der Waals surface area contributed by atoms with E-state index >= 15 is 0 Å². The topological polar surface area (TPSA) is 69.6 Å². The van der Waals surface area contributed by atoms with Crippen molar-refractivity contribution in [3.63, 3.8) is 0 Å². The van der Waals surface area contributed by atoms with Crippen LogP contribution in [0.25, 0.3) is 16.6 Å². The van der Waals surface area contributed by atoms with Crippen LogP contribution < -0.4 is 5.73 Å². The van der Waals surface area contributed by atoms with Crippen molar-refractivity contribution < 1.29 is 4.39 Å². The fourth-order valence-corrected chi connectivity index (χ4v) is 2.92. The normalized spacial score (nSPS) is 12.4. The maximum atomic E-state index is 13.3. The highest BCUT2D eigenvalue weighted by molar-refractivity contribution is 5.80. The van der Waals surface area contributed by atoms with Crippen LogP contribution in [0.2, 0.25) is 0 Å². The lowest BCUT2D eigenvalue weighted by atomic mass is 10.1. The van der Waals surface area contributed by atoms with Gasteiger partial charge in [-0.05, 0) is 30.3 Å². The van der Waals surface area contributed by atoms with Gasteiger partial charge in [0.15, 0.2) is 0 Å². The molecule has 0 spiro atoms. The average Bonchev–Trinajstić information content (AvgIpc) is 3.06. The summed E-state index contributed by atoms with van der Waals surface area (Å²) in [7, 11) is 0. The Bertz CT molecular complexity index is 1030. The fourth-order valence-electron chi connectivity index (χ4n) is 2.92. The number of halogens is 1. The van der Waals surface area contributed by atoms with Crippen molar-refractivity contribution in [2.24, 2.45) is 5.73 Å². The number of benzene rings is 1. The van der Waals surface area contributed by atoms with Gasteiger partial charge < -0.3 is 5.73 Å². The van der Waals surface area contributed by atoms with Gasteiger partial charge in [-0.3, -0.25) is 4.98 Å². The molecule has 0 aliphatic rings. The number of pyridine rings is 2. The molecule has 4 rings (SSSR count). The predicted molar refractivity (Wildman–Crippen MR) is 93.7 cm³/mol. The van der Waals surface area contributed by atoms with E-state index in [-0.39, 0.29) is 0 Å². The van der Waals surface area contributed by atoms with E-state index in [2.05, 4.69) is 15.1 Å². The molecule has 3 aromatic heterocycles. The third-order valence-electron chi connectivity index (χ3n) is 4.07. The molecule has 0 saturated carbocycles. The van der Waals surface area contributed by atoms with E-state index in [1.165, 1.54) is 6.07 Å². The molecule has 0 aliphatic heterocycles. The summed E-state index contributed by atoms with van der Waals surface area (Å²) in [5, 5.41) is 5.51. The van der Waals surface area contributed by atoms with E-state index in [9.17, 15) is 4.39 Å². The van der Waals surface area contributed by atoms with Gasteiger partial charge in [0.1, 0.15) is 0 Å². The van der Waals surface area contributed by atoms with Crippen molar-refractivity contribution in [1.82, 2.24) is 19.7 Å². The van der Waals surface area contributed by atoms with Gasteiger partial charge >= 0.3 is 0 Å². The van der Waals surface area contributed by atoms with E-state index in [0.29, 0.717) is 17.8 Å². The third kappa shape index (κ3) is 2.99. The highest BCUT2D eigenvalue weighted by Gasteiger charge is 2.17. The summed E-state index contributed by atoms with van der Waals surface area (Å²) in [4.78, 5) is 8.34. The van der Waals surface area contributed by atoms with Gasteiger partial charge in [0.25, 0.3) is 0 Å². The molecule has 0 bridgehead atoms. The van der Waals surface area contributed by atoms with Crippen molar-refractivity contribution in [3.05, 3.63) is 84.3 Å². The quantitative estimate of drug-likeness (QED) is 0.582. The summed E-state index contributed by atoms with van der Waals surface area (Å²) >= 11 is 0. The number of rotatable bonds is 4. The lowest BCUT2D eigenvalue weighted by molar-refractivity contribution is 0.568. The minimum atomic E-state index is -0.510. The van der Waals surface area contributed by atoms with Gasteiger partial charge in [0.05, 0.1) is 29.1 Å². The van der Waals surface area contributed by atoms with Crippen molar-refractivity contribution >= 4 is 10.9 Å². The molecule has 25 heavy (non-hydrogen) atoms. The molecule has 5 nitrogen and oxygen atoms in total. The summed E-state index contributed by atoms with van der Waals surface area (Å²) in [5.74, 6) is -0.510. The maximum Gasteiger partial charge on any atom is 0.213 e. The first-order valence-corrected chi connectivity index (χ1v) is 7.97. The third-order valence-corrected chi connectivity index (χ3v) is 4.07. The molecule has 6 heteroatoms. The molecular formula is C19H16FN5. The second-order valence-corrected chi connectivity index (χ2v) is 5.79. The molecule has 1 atom stereocenters. The van der Waals surface area contributed by atoms with Crippen molar-refractivity contribution in [1.29, 1.82) is 0 Å². The standard InChI is InChI=1S/C19H16FN5/c20-18-9-3-6-14(24-18)11-15(21)19-17(8-4-10-22-19)25-16-7-2-1-5-13(16)12-23-25/h1-10,12,15H,11,21H2/t15-/m0/s1. The number of nitrogens with two attached hydrogens (primary N) is 1. The van der Waals surface area contributed by atoms with Gasteiger partial charge in [-0.1, -0.05) is 24.3 Å². The van der Waals surface area contributed by atoms with Crippen molar-refractivity contribution in [2.75, 3.05) is 0 Å². The summed E-state index contributed by atoms with van der Waals surface area (Å²) in [6, 6.07) is 16.0. The molecule has 0 aliphatic carbocycles. The molecule has 0 saturated heterocycles. The van der Waals surface area contributed by atoms with Gasteiger partial charge in [-0.25, -0.2) is 9.67 Å². The number of hydrogen-bond acceptors (Lipinski definition) is 4. The number of fused-ring (bicyclic) bond motifs is 1. The molecule has 4 aromatic rings. The van der Waals surface area contributed by atoms with E-state index in [1.807, 2.05) is 47.3 Å². The van der Waals surface area contributed by atoms with E-state index in [4.69, 9.17) is 5.73 Å². The highest BCUT2D eigenvalue weighted by atomic mass is 19.1. The van der Waals surface area contributed by atoms with Crippen LogP contribution in [0, 0.1) is 5.95 Å². The molecule has 0 unspecified atom stereocenters. The Morgan fingerprint density at radius 1 is 1.04 bits per heavy atom. The van der Waals surface area contributed by atoms with E-state index in [1.54, 1.807) is 18.3 Å². The largest absolute Gasteiger partial charge is 0.322 e. The van der Waals surface area contributed by atoms with Gasteiger partial charge in [0.2, 0.25) is 5.95 Å². The van der Waals surface area contributed by atoms with Gasteiger partial charge in [-0.2, -0.15) is 9.49 Å². The van der Waals surface area contributed by atoms with Crippen LogP contribution in [0.3, 0.4) is 0 Å². The van der Waals surface area contributed by atoms with E-state index < -0.39 is 12.0 Å². The zero-order chi connectivity index (χ0) is 17.2. The molecule has 124 valence electrons. The van der Waals surface area contributed by atoms with Crippen LogP contribution in [0.4, 0.5) is 4.39 Å². The number of aromatic nitrogens is 4. The van der Waals surface area contributed by atoms with Crippen LogP contribution in [0.1, 0.15) is 17.4 Å². The van der Waals surface area contributed by atoms with Crippen LogP contribution in [0.5, 0.6) is 0 Å². The molecule has 0 amide bonds. The Morgan fingerprint density at radius 3 is 2.80 bits per heavy atom. The first kappa shape index (κ1) is 15.4. The number of nitrogens with zero attached hydrogens (tertiary/aromatic N) is 4. The Labute approximate surface area is 144 Å². The fraction of sp³-hybridized carbons (Fsp3) is 0.105. The zero-order valence-electron chi connectivity index (χ0n) is 13.4. The van der Waals surface area contributed by atoms with Crippen LogP contribution in [-0.4, -0.2) is 19.7 Å². The molecule has 0 radical (unpaired) electrons. The Morgan fingerprint density at radius 2 is 1.92 bits per heavy atom. The smallest absolute Gasteiger partial charge is 0.213 e. The monoisotopic (exact) mass is 333 g/mol. The summed E-state index contributed by atoms with van der Waals surface area (Å²) in [6.07, 6.45) is 3.90. The van der Waals surface area contributed by atoms with Gasteiger partial charge in [0, 0.05) is 23.7 Å². The SMILES string of the molecule is N[C@@H](Cc1cccc(F)n1)c1ncccc1-n1ncc2ccccc21. The minimum Gasteiger partial charge on any atom is -0.322 e. The maximum absolute atomic E-state index is 13.3. The number of para-hydroxylation sites is 1. The van der Waals surface area contributed by atoms with E-state index in [0.717, 1.165) is 16.6 Å². The minimum absolute atomic E-state index is 0.390.